The highest BCUT2D eigenvalue weighted by molar-refractivity contribution is 5.34. The molecule has 2 nitrogen and oxygen atoms in total. The van der Waals surface area contributed by atoms with E-state index in [2.05, 4.69) is 52.0 Å². The molecule has 2 N–H and O–H groups in total. The van der Waals surface area contributed by atoms with E-state index in [0.29, 0.717) is 5.92 Å². The Balaban J connectivity index is 2.31. The lowest BCUT2D eigenvalue weighted by Crippen LogP contribution is -2.57. The summed E-state index contributed by atoms with van der Waals surface area (Å²) in [4.78, 5) is 0. The van der Waals surface area contributed by atoms with Crippen LogP contribution in [0.1, 0.15) is 51.2 Å². The van der Waals surface area contributed by atoms with Crippen molar-refractivity contribution in [3.8, 4) is 0 Å². The van der Waals surface area contributed by atoms with E-state index >= 15 is 0 Å². The summed E-state index contributed by atoms with van der Waals surface area (Å²) < 4.78 is 5.56. The van der Waals surface area contributed by atoms with Crippen LogP contribution in [-0.4, -0.2) is 19.8 Å². The Kier molecular flexibility index (Phi) is 4.03. The second-order valence-corrected chi connectivity index (χ2v) is 6.77. The molecule has 0 spiro atoms. The van der Waals surface area contributed by atoms with Gasteiger partial charge in [-0.1, -0.05) is 52.0 Å². The number of hydrogen-bond donors (Lipinski definition) is 1. The van der Waals surface area contributed by atoms with E-state index in [4.69, 9.17) is 10.5 Å². The molecule has 2 heteroatoms. The van der Waals surface area contributed by atoms with E-state index in [0.717, 1.165) is 26.2 Å². The minimum Gasteiger partial charge on any atom is -0.379 e. The average molecular weight is 261 g/mol. The van der Waals surface area contributed by atoms with E-state index < -0.39 is 0 Å². The van der Waals surface area contributed by atoms with Gasteiger partial charge in [0.25, 0.3) is 0 Å². The number of benzene rings is 1. The van der Waals surface area contributed by atoms with Crippen molar-refractivity contribution >= 4 is 0 Å². The van der Waals surface area contributed by atoms with Gasteiger partial charge in [-0.15, -0.1) is 0 Å². The van der Waals surface area contributed by atoms with E-state index in [1.165, 1.54) is 11.1 Å². The molecule has 1 heterocycles. The average Bonchev–Trinajstić information content (AvgIpc) is 2.27. The van der Waals surface area contributed by atoms with Crippen molar-refractivity contribution in [3.05, 3.63) is 35.4 Å². The van der Waals surface area contributed by atoms with Gasteiger partial charge in [-0.3, -0.25) is 0 Å². The quantitative estimate of drug-likeness (QED) is 0.881. The summed E-state index contributed by atoms with van der Waals surface area (Å²) in [5.41, 5.74) is 8.92. The third-order valence-corrected chi connectivity index (χ3v) is 4.89. The Morgan fingerprint density at radius 3 is 2.16 bits per heavy atom. The van der Waals surface area contributed by atoms with Gasteiger partial charge >= 0.3 is 0 Å². The first kappa shape index (κ1) is 14.5. The normalized spacial score (nSPS) is 18.4. The molecule has 1 fully saturated rings. The molecule has 19 heavy (non-hydrogen) atoms. The highest BCUT2D eigenvalue weighted by atomic mass is 16.5. The zero-order valence-corrected chi connectivity index (χ0v) is 12.7. The monoisotopic (exact) mass is 261 g/mol. The fourth-order valence-corrected chi connectivity index (χ4v) is 3.04. The molecule has 0 amide bonds. The molecule has 0 atom stereocenters. The van der Waals surface area contributed by atoms with Crippen molar-refractivity contribution in [2.45, 2.75) is 45.4 Å². The molecule has 1 saturated heterocycles. The van der Waals surface area contributed by atoms with Gasteiger partial charge in [-0.05, 0) is 35.4 Å². The van der Waals surface area contributed by atoms with E-state index in [9.17, 15) is 0 Å². The minimum atomic E-state index is 0.141. The maximum absolute atomic E-state index is 5.79. The van der Waals surface area contributed by atoms with Gasteiger partial charge in [-0.25, -0.2) is 0 Å². The summed E-state index contributed by atoms with van der Waals surface area (Å²) in [5.74, 6) is 0.583. The van der Waals surface area contributed by atoms with Crippen LogP contribution in [0.4, 0.5) is 0 Å². The van der Waals surface area contributed by atoms with E-state index in [-0.39, 0.29) is 10.8 Å². The fraction of sp³-hybridized carbons (Fsp3) is 0.647. The maximum atomic E-state index is 5.79. The molecule has 0 radical (unpaired) electrons. The Hall–Kier alpha value is -0.860. The van der Waals surface area contributed by atoms with Crippen LogP contribution in [-0.2, 0) is 10.2 Å². The zero-order chi connectivity index (χ0) is 14.1. The Labute approximate surface area is 117 Å². The molecule has 106 valence electrons. The first-order valence-electron chi connectivity index (χ1n) is 7.31. The van der Waals surface area contributed by atoms with Crippen LogP contribution in [0.25, 0.3) is 0 Å². The molecule has 1 aromatic carbocycles. The number of ether oxygens (including phenoxy) is 1. The molecule has 2 rings (SSSR count). The molecule has 1 aliphatic heterocycles. The van der Waals surface area contributed by atoms with Gasteiger partial charge < -0.3 is 10.5 Å². The summed E-state index contributed by atoms with van der Waals surface area (Å²) in [5, 5.41) is 0. The number of hydrogen-bond acceptors (Lipinski definition) is 2. The lowest BCUT2D eigenvalue weighted by atomic mass is 9.59. The summed E-state index contributed by atoms with van der Waals surface area (Å²) in [6, 6.07) is 9.10. The van der Waals surface area contributed by atoms with Crippen molar-refractivity contribution in [2.24, 2.45) is 11.1 Å². The van der Waals surface area contributed by atoms with Crippen LogP contribution >= 0.6 is 0 Å². The second-order valence-electron chi connectivity index (χ2n) is 6.77. The first-order chi connectivity index (χ1) is 8.93. The van der Waals surface area contributed by atoms with Crippen molar-refractivity contribution in [1.82, 2.24) is 0 Å². The molecule has 0 unspecified atom stereocenters. The van der Waals surface area contributed by atoms with Crippen LogP contribution in [0, 0.1) is 5.41 Å². The summed E-state index contributed by atoms with van der Waals surface area (Å²) in [6.07, 6.45) is 1.03. The van der Waals surface area contributed by atoms with Crippen molar-refractivity contribution in [2.75, 3.05) is 19.8 Å². The van der Waals surface area contributed by atoms with Crippen LogP contribution in [0.3, 0.4) is 0 Å². The van der Waals surface area contributed by atoms with Gasteiger partial charge in [-0.2, -0.15) is 0 Å². The van der Waals surface area contributed by atoms with Crippen molar-refractivity contribution in [3.63, 3.8) is 0 Å². The topological polar surface area (TPSA) is 35.2 Å². The van der Waals surface area contributed by atoms with Crippen LogP contribution in [0.15, 0.2) is 24.3 Å². The number of nitrogens with two attached hydrogens (primary N) is 1. The summed E-state index contributed by atoms with van der Waals surface area (Å²) >= 11 is 0. The highest BCUT2D eigenvalue weighted by Gasteiger charge is 2.51. The van der Waals surface area contributed by atoms with E-state index in [1.54, 1.807) is 0 Å². The lowest BCUT2D eigenvalue weighted by Gasteiger charge is -2.53. The Bertz CT molecular complexity index is 415. The largest absolute Gasteiger partial charge is 0.379 e. The van der Waals surface area contributed by atoms with Crippen molar-refractivity contribution < 1.29 is 4.74 Å². The van der Waals surface area contributed by atoms with Gasteiger partial charge in [0.05, 0.1) is 13.2 Å². The van der Waals surface area contributed by atoms with Crippen LogP contribution in [0.2, 0.25) is 0 Å². The zero-order valence-electron chi connectivity index (χ0n) is 12.7. The highest BCUT2D eigenvalue weighted by Crippen LogP contribution is 2.49. The van der Waals surface area contributed by atoms with Crippen LogP contribution in [0.5, 0.6) is 0 Å². The molecule has 1 aliphatic rings. The van der Waals surface area contributed by atoms with Gasteiger partial charge in [0, 0.05) is 5.41 Å². The third-order valence-electron chi connectivity index (χ3n) is 4.89. The molecule has 0 saturated carbocycles. The summed E-state index contributed by atoms with van der Waals surface area (Å²) in [7, 11) is 0. The summed E-state index contributed by atoms with van der Waals surface area (Å²) in [6.45, 7) is 11.5. The molecular weight excluding hydrogens is 234 g/mol. The van der Waals surface area contributed by atoms with Gasteiger partial charge in [0.1, 0.15) is 0 Å². The lowest BCUT2D eigenvalue weighted by molar-refractivity contribution is -0.121. The maximum Gasteiger partial charge on any atom is 0.0590 e. The Morgan fingerprint density at radius 2 is 1.79 bits per heavy atom. The van der Waals surface area contributed by atoms with Gasteiger partial charge in [0.2, 0.25) is 0 Å². The molecule has 1 aromatic rings. The SMILES string of the molecule is CC(C)c1ccc(C2(C(C)(C)CCN)COC2)cc1. The van der Waals surface area contributed by atoms with Crippen molar-refractivity contribution in [1.29, 1.82) is 0 Å². The molecule has 0 bridgehead atoms. The predicted molar refractivity (Wildman–Crippen MR) is 80.5 cm³/mol. The first-order valence-corrected chi connectivity index (χ1v) is 7.31. The molecule has 0 aliphatic carbocycles. The number of rotatable bonds is 5. The molecule has 0 aromatic heterocycles. The van der Waals surface area contributed by atoms with E-state index in [1.807, 2.05) is 0 Å². The fourth-order valence-electron chi connectivity index (χ4n) is 3.04. The standard InChI is InChI=1S/C17H27NO/c1-13(2)14-5-7-15(8-6-14)17(11-19-12-17)16(3,4)9-10-18/h5-8,13H,9-12,18H2,1-4H3. The smallest absolute Gasteiger partial charge is 0.0590 e. The van der Waals surface area contributed by atoms with Crippen LogP contribution < -0.4 is 5.73 Å². The van der Waals surface area contributed by atoms with Gasteiger partial charge in [0.15, 0.2) is 0 Å². The minimum absolute atomic E-state index is 0.141. The Morgan fingerprint density at radius 1 is 1.21 bits per heavy atom. The molecular formula is C17H27NO. The second kappa shape index (κ2) is 5.26. The third kappa shape index (κ3) is 2.44. The predicted octanol–water partition coefficient (Wildman–Crippen LogP) is 3.45.